The maximum Gasteiger partial charge on any atom is 0.260 e. The number of hydrogen-bond acceptors (Lipinski definition) is 3. The second-order valence-corrected chi connectivity index (χ2v) is 6.66. The van der Waals surface area contributed by atoms with Crippen molar-refractivity contribution in [1.82, 2.24) is 14.9 Å². The third-order valence-electron chi connectivity index (χ3n) is 4.59. The van der Waals surface area contributed by atoms with Gasteiger partial charge in [0, 0.05) is 30.7 Å². The van der Waals surface area contributed by atoms with Gasteiger partial charge in [-0.3, -0.25) is 14.6 Å². The minimum atomic E-state index is -0.301. The van der Waals surface area contributed by atoms with E-state index >= 15 is 0 Å². The Labute approximate surface area is 141 Å². The van der Waals surface area contributed by atoms with Crippen molar-refractivity contribution in [2.45, 2.75) is 33.1 Å². The van der Waals surface area contributed by atoms with Gasteiger partial charge in [-0.1, -0.05) is 6.07 Å². The minimum Gasteiger partial charge on any atom is -0.338 e. The number of amides is 1. The van der Waals surface area contributed by atoms with E-state index in [1.54, 1.807) is 12.1 Å². The summed E-state index contributed by atoms with van der Waals surface area (Å²) in [6.07, 6.45) is 4.91. The van der Waals surface area contributed by atoms with E-state index in [1.807, 2.05) is 31.0 Å². The van der Waals surface area contributed by atoms with Crippen molar-refractivity contribution >= 4 is 5.91 Å². The molecular formula is C19H23N3O2. The highest BCUT2D eigenvalue weighted by molar-refractivity contribution is 5.93. The maximum atomic E-state index is 12.7. The average molecular weight is 325 g/mol. The standard InChI is InChI=1S/C19H23N3O2/c1-13-5-7-15(11-20-13)10-16-4-3-9-22(12-16)19(24)17-8-6-14(2)21-18(17)23/h5-8,11,16H,3-4,9-10,12H2,1-2H3,(H,21,23)/t16-/m1/s1. The number of carbonyl (C=O) groups is 1. The molecule has 2 aromatic rings. The van der Waals surface area contributed by atoms with Gasteiger partial charge >= 0.3 is 0 Å². The van der Waals surface area contributed by atoms with Crippen LogP contribution in [0.25, 0.3) is 0 Å². The van der Waals surface area contributed by atoms with Crippen molar-refractivity contribution in [3.05, 3.63) is 63.3 Å². The van der Waals surface area contributed by atoms with Crippen LogP contribution >= 0.6 is 0 Å². The molecule has 1 N–H and O–H groups in total. The molecular weight excluding hydrogens is 302 g/mol. The SMILES string of the molecule is Cc1ccc(C[C@H]2CCCN(C(=O)c3ccc(C)[nH]c3=O)C2)cn1. The lowest BCUT2D eigenvalue weighted by atomic mass is 9.91. The van der Waals surface area contributed by atoms with Gasteiger partial charge < -0.3 is 9.88 Å². The predicted octanol–water partition coefficient (Wildman–Crippen LogP) is 2.48. The van der Waals surface area contributed by atoms with Gasteiger partial charge in [0.25, 0.3) is 11.5 Å². The molecule has 2 aromatic heterocycles. The quantitative estimate of drug-likeness (QED) is 0.943. The fourth-order valence-corrected chi connectivity index (χ4v) is 3.28. The van der Waals surface area contributed by atoms with Crippen molar-refractivity contribution < 1.29 is 4.79 Å². The number of aryl methyl sites for hydroxylation is 2. The van der Waals surface area contributed by atoms with E-state index < -0.39 is 0 Å². The van der Waals surface area contributed by atoms with E-state index in [-0.39, 0.29) is 17.0 Å². The fraction of sp³-hybridized carbons (Fsp3) is 0.421. The summed E-state index contributed by atoms with van der Waals surface area (Å²) >= 11 is 0. The zero-order valence-electron chi connectivity index (χ0n) is 14.2. The van der Waals surface area contributed by atoms with Crippen LogP contribution in [0.5, 0.6) is 0 Å². The van der Waals surface area contributed by atoms with E-state index in [9.17, 15) is 9.59 Å². The molecule has 0 aromatic carbocycles. The number of aromatic amines is 1. The molecule has 1 aliphatic rings. The molecule has 5 nitrogen and oxygen atoms in total. The Balaban J connectivity index is 1.69. The van der Waals surface area contributed by atoms with Gasteiger partial charge in [-0.2, -0.15) is 0 Å². The number of pyridine rings is 2. The van der Waals surface area contributed by atoms with Crippen molar-refractivity contribution in [2.75, 3.05) is 13.1 Å². The summed E-state index contributed by atoms with van der Waals surface area (Å²) in [4.78, 5) is 33.5. The lowest BCUT2D eigenvalue weighted by Gasteiger charge is -2.32. The molecule has 1 aliphatic heterocycles. The molecule has 0 radical (unpaired) electrons. The zero-order valence-corrected chi connectivity index (χ0v) is 14.2. The van der Waals surface area contributed by atoms with Crippen LogP contribution in [-0.2, 0) is 6.42 Å². The number of H-pyrrole nitrogens is 1. The summed E-state index contributed by atoms with van der Waals surface area (Å²) in [5, 5.41) is 0. The minimum absolute atomic E-state index is 0.164. The molecule has 0 spiro atoms. The first-order valence-corrected chi connectivity index (χ1v) is 8.43. The Morgan fingerprint density at radius 1 is 1.29 bits per heavy atom. The summed E-state index contributed by atoms with van der Waals surface area (Å²) in [6, 6.07) is 7.53. The molecule has 0 unspecified atom stereocenters. The van der Waals surface area contributed by atoms with E-state index in [1.165, 1.54) is 5.56 Å². The molecule has 1 fully saturated rings. The second-order valence-electron chi connectivity index (χ2n) is 6.66. The Bertz CT molecular complexity index is 780. The summed E-state index contributed by atoms with van der Waals surface area (Å²) < 4.78 is 0. The van der Waals surface area contributed by atoms with Gasteiger partial charge in [-0.25, -0.2) is 0 Å². The Morgan fingerprint density at radius 2 is 2.12 bits per heavy atom. The maximum absolute atomic E-state index is 12.7. The molecule has 0 bridgehead atoms. The second kappa shape index (κ2) is 6.99. The third kappa shape index (κ3) is 3.72. The number of carbonyl (C=O) groups excluding carboxylic acids is 1. The topological polar surface area (TPSA) is 66.1 Å². The average Bonchev–Trinajstić information content (AvgIpc) is 2.57. The van der Waals surface area contributed by atoms with Crippen LogP contribution in [0, 0.1) is 19.8 Å². The summed E-state index contributed by atoms with van der Waals surface area (Å²) in [7, 11) is 0. The largest absolute Gasteiger partial charge is 0.338 e. The van der Waals surface area contributed by atoms with Crippen LogP contribution in [0.15, 0.2) is 35.3 Å². The van der Waals surface area contributed by atoms with Crippen LogP contribution in [0.3, 0.4) is 0 Å². The Kier molecular flexibility index (Phi) is 4.79. The molecule has 3 heterocycles. The molecule has 5 heteroatoms. The van der Waals surface area contributed by atoms with E-state index in [0.29, 0.717) is 12.5 Å². The number of likely N-dealkylation sites (tertiary alicyclic amines) is 1. The lowest BCUT2D eigenvalue weighted by Crippen LogP contribution is -2.42. The van der Waals surface area contributed by atoms with Crippen molar-refractivity contribution in [2.24, 2.45) is 5.92 Å². The molecule has 24 heavy (non-hydrogen) atoms. The summed E-state index contributed by atoms with van der Waals surface area (Å²) in [6.45, 7) is 5.20. The van der Waals surface area contributed by atoms with Gasteiger partial charge in [0.05, 0.1) is 0 Å². The predicted molar refractivity (Wildman–Crippen MR) is 93.1 cm³/mol. The van der Waals surface area contributed by atoms with Crippen LogP contribution in [0.2, 0.25) is 0 Å². The fourth-order valence-electron chi connectivity index (χ4n) is 3.28. The first kappa shape index (κ1) is 16.4. The van der Waals surface area contributed by atoms with E-state index in [2.05, 4.69) is 16.0 Å². The highest BCUT2D eigenvalue weighted by Crippen LogP contribution is 2.21. The third-order valence-corrected chi connectivity index (χ3v) is 4.59. The number of piperidine rings is 1. The molecule has 3 rings (SSSR count). The highest BCUT2D eigenvalue weighted by Gasteiger charge is 2.26. The van der Waals surface area contributed by atoms with Gasteiger partial charge in [0.2, 0.25) is 0 Å². The van der Waals surface area contributed by atoms with Gasteiger partial charge in [0.15, 0.2) is 0 Å². The first-order chi connectivity index (χ1) is 11.5. The van der Waals surface area contributed by atoms with Crippen molar-refractivity contribution in [3.8, 4) is 0 Å². The van der Waals surface area contributed by atoms with Crippen LogP contribution in [-0.4, -0.2) is 33.9 Å². The van der Waals surface area contributed by atoms with Gasteiger partial charge in [-0.05, 0) is 62.8 Å². The molecule has 0 saturated carbocycles. The number of hydrogen-bond donors (Lipinski definition) is 1. The van der Waals surface area contributed by atoms with Crippen LogP contribution in [0.4, 0.5) is 0 Å². The molecule has 0 aliphatic carbocycles. The summed E-state index contributed by atoms with van der Waals surface area (Å²) in [5.41, 5.74) is 2.91. The normalized spacial score (nSPS) is 17.8. The zero-order chi connectivity index (χ0) is 17.1. The van der Waals surface area contributed by atoms with E-state index in [0.717, 1.165) is 37.2 Å². The van der Waals surface area contributed by atoms with Crippen LogP contribution in [0.1, 0.15) is 40.2 Å². The Hall–Kier alpha value is -2.43. The first-order valence-electron chi connectivity index (χ1n) is 8.43. The van der Waals surface area contributed by atoms with Gasteiger partial charge in [-0.15, -0.1) is 0 Å². The molecule has 1 amide bonds. The van der Waals surface area contributed by atoms with Gasteiger partial charge in [0.1, 0.15) is 5.56 Å². The molecule has 1 atom stereocenters. The van der Waals surface area contributed by atoms with Crippen molar-refractivity contribution in [1.29, 1.82) is 0 Å². The lowest BCUT2D eigenvalue weighted by molar-refractivity contribution is 0.0671. The number of nitrogens with one attached hydrogen (secondary N) is 1. The molecule has 126 valence electrons. The monoisotopic (exact) mass is 325 g/mol. The van der Waals surface area contributed by atoms with Crippen LogP contribution < -0.4 is 5.56 Å². The van der Waals surface area contributed by atoms with Crippen molar-refractivity contribution in [3.63, 3.8) is 0 Å². The smallest absolute Gasteiger partial charge is 0.260 e. The Morgan fingerprint density at radius 3 is 2.83 bits per heavy atom. The number of aromatic nitrogens is 2. The summed E-state index contributed by atoms with van der Waals surface area (Å²) in [5.74, 6) is 0.250. The highest BCUT2D eigenvalue weighted by atomic mass is 16.2. The molecule has 1 saturated heterocycles. The number of nitrogens with zero attached hydrogens (tertiary/aromatic N) is 2. The number of rotatable bonds is 3. The van der Waals surface area contributed by atoms with E-state index in [4.69, 9.17) is 0 Å².